The topological polar surface area (TPSA) is 105 Å². The molecular formula is C14H19ClN4O4S. The van der Waals surface area contributed by atoms with Crippen LogP contribution in [0, 0.1) is 10.1 Å². The highest BCUT2D eigenvalue weighted by Crippen LogP contribution is 2.22. The second kappa shape index (κ2) is 9.45. The molecule has 132 valence electrons. The van der Waals surface area contributed by atoms with Crippen molar-refractivity contribution in [3.05, 3.63) is 38.9 Å². The molecule has 0 bridgehead atoms. The van der Waals surface area contributed by atoms with Crippen molar-refractivity contribution >= 4 is 40.9 Å². The predicted molar refractivity (Wildman–Crippen MR) is 94.2 cm³/mol. The fourth-order valence-corrected chi connectivity index (χ4v) is 2.57. The molecule has 0 spiro atoms. The van der Waals surface area contributed by atoms with Crippen LogP contribution in [-0.4, -0.2) is 53.9 Å². The van der Waals surface area contributed by atoms with E-state index in [9.17, 15) is 19.7 Å². The van der Waals surface area contributed by atoms with Crippen LogP contribution in [0.2, 0.25) is 5.02 Å². The number of rotatable bonds is 8. The van der Waals surface area contributed by atoms with Crippen LogP contribution < -0.4 is 10.7 Å². The van der Waals surface area contributed by atoms with Crippen molar-refractivity contribution in [1.82, 2.24) is 15.8 Å². The van der Waals surface area contributed by atoms with Crippen molar-refractivity contribution in [3.63, 3.8) is 0 Å². The summed E-state index contributed by atoms with van der Waals surface area (Å²) in [5.41, 5.74) is 2.47. The Labute approximate surface area is 149 Å². The highest BCUT2D eigenvalue weighted by molar-refractivity contribution is 7.98. The zero-order valence-corrected chi connectivity index (χ0v) is 15.1. The third-order valence-electron chi connectivity index (χ3n) is 2.97. The van der Waals surface area contributed by atoms with E-state index < -0.39 is 16.9 Å². The van der Waals surface area contributed by atoms with Gasteiger partial charge < -0.3 is 5.32 Å². The molecule has 10 heteroatoms. The molecule has 0 saturated carbocycles. The third-order valence-corrected chi connectivity index (χ3v) is 3.93. The van der Waals surface area contributed by atoms with Crippen molar-refractivity contribution in [2.45, 2.75) is 12.5 Å². The number of thioether (sulfide) groups is 1. The van der Waals surface area contributed by atoms with Crippen molar-refractivity contribution < 1.29 is 14.5 Å². The van der Waals surface area contributed by atoms with Gasteiger partial charge in [0.05, 0.1) is 15.5 Å². The number of non-ortho nitro benzene ring substituents is 1. The van der Waals surface area contributed by atoms with Crippen molar-refractivity contribution in [3.8, 4) is 0 Å². The third kappa shape index (κ3) is 5.99. The maximum absolute atomic E-state index is 12.3. The van der Waals surface area contributed by atoms with Gasteiger partial charge >= 0.3 is 0 Å². The summed E-state index contributed by atoms with van der Waals surface area (Å²) in [4.78, 5) is 34.6. The number of hydrogen-bond donors (Lipinski definition) is 2. The first-order valence-electron chi connectivity index (χ1n) is 6.97. The highest BCUT2D eigenvalue weighted by Gasteiger charge is 2.23. The van der Waals surface area contributed by atoms with Gasteiger partial charge in [0.15, 0.2) is 0 Å². The number of hydrazine groups is 1. The first kappa shape index (κ1) is 20.2. The van der Waals surface area contributed by atoms with Crippen LogP contribution in [0.4, 0.5) is 5.69 Å². The lowest BCUT2D eigenvalue weighted by Gasteiger charge is -2.21. The smallest absolute Gasteiger partial charge is 0.270 e. The van der Waals surface area contributed by atoms with Crippen LogP contribution in [0.3, 0.4) is 0 Å². The van der Waals surface area contributed by atoms with Gasteiger partial charge in [-0.05, 0) is 24.5 Å². The normalized spacial score (nSPS) is 11.9. The largest absolute Gasteiger partial charge is 0.340 e. The van der Waals surface area contributed by atoms with Crippen molar-refractivity contribution in [2.75, 3.05) is 26.1 Å². The summed E-state index contributed by atoms with van der Waals surface area (Å²) < 4.78 is 0. The number of nitrogens with zero attached hydrogens (tertiary/aromatic N) is 2. The minimum absolute atomic E-state index is 0.0432. The fraction of sp³-hybridized carbons (Fsp3) is 0.429. The fourth-order valence-electron chi connectivity index (χ4n) is 1.84. The van der Waals surface area contributed by atoms with Crippen molar-refractivity contribution in [1.29, 1.82) is 0 Å². The molecule has 1 aromatic rings. The molecule has 0 aliphatic carbocycles. The summed E-state index contributed by atoms with van der Waals surface area (Å²) in [6, 6.07) is 2.83. The number of nitro benzene ring substituents is 1. The molecule has 1 aromatic carbocycles. The highest BCUT2D eigenvalue weighted by atomic mass is 35.5. The molecule has 0 fully saturated rings. The lowest BCUT2D eigenvalue weighted by molar-refractivity contribution is -0.384. The summed E-state index contributed by atoms with van der Waals surface area (Å²) in [5, 5.41) is 14.8. The number of nitrogens with one attached hydrogen (secondary N) is 2. The second-order valence-electron chi connectivity index (χ2n) is 5.10. The Balaban J connectivity index is 2.91. The van der Waals surface area contributed by atoms with Crippen LogP contribution in [0.1, 0.15) is 16.8 Å². The molecule has 0 aliphatic rings. The number of carbonyl (C=O) groups excluding carboxylic acids is 2. The van der Waals surface area contributed by atoms with Gasteiger partial charge in [0.2, 0.25) is 0 Å². The Bertz CT molecular complexity index is 627. The van der Waals surface area contributed by atoms with Crippen LogP contribution >= 0.6 is 23.4 Å². The van der Waals surface area contributed by atoms with E-state index in [1.807, 2.05) is 6.26 Å². The number of carbonyl (C=O) groups is 2. The summed E-state index contributed by atoms with van der Waals surface area (Å²) in [5.74, 6) is -0.227. The van der Waals surface area contributed by atoms with E-state index in [2.05, 4.69) is 10.7 Å². The van der Waals surface area contributed by atoms with Gasteiger partial charge in [-0.25, -0.2) is 5.01 Å². The predicted octanol–water partition coefficient (Wildman–Crippen LogP) is 1.69. The lowest BCUT2D eigenvalue weighted by atomic mass is 10.1. The number of nitro groups is 1. The SMILES string of the molecule is CSCC[C@@H](NC(=O)c1ccc([N+](=O)[O-])cc1Cl)C(=O)NN(C)C. The molecular weight excluding hydrogens is 356 g/mol. The summed E-state index contributed by atoms with van der Waals surface area (Å²) in [6.07, 6.45) is 2.34. The Morgan fingerprint density at radius 2 is 2.08 bits per heavy atom. The second-order valence-corrected chi connectivity index (χ2v) is 6.49. The maximum atomic E-state index is 12.3. The molecule has 2 amide bonds. The minimum atomic E-state index is -0.737. The van der Waals surface area contributed by atoms with E-state index in [4.69, 9.17) is 11.6 Å². The van der Waals surface area contributed by atoms with Gasteiger partial charge in [-0.1, -0.05) is 11.6 Å². The Morgan fingerprint density at radius 1 is 1.42 bits per heavy atom. The van der Waals surface area contributed by atoms with E-state index in [0.29, 0.717) is 12.2 Å². The average molecular weight is 375 g/mol. The molecule has 0 saturated heterocycles. The van der Waals surface area contributed by atoms with Crippen LogP contribution in [0.15, 0.2) is 18.2 Å². The van der Waals surface area contributed by atoms with Gasteiger partial charge in [0, 0.05) is 26.2 Å². The van der Waals surface area contributed by atoms with E-state index in [0.717, 1.165) is 6.07 Å². The van der Waals surface area contributed by atoms with E-state index >= 15 is 0 Å². The minimum Gasteiger partial charge on any atom is -0.340 e. The Kier molecular flexibility index (Phi) is 7.96. The summed E-state index contributed by atoms with van der Waals surface area (Å²) >= 11 is 7.49. The summed E-state index contributed by atoms with van der Waals surface area (Å²) in [6.45, 7) is 0. The molecule has 0 aliphatic heterocycles. The summed E-state index contributed by atoms with van der Waals surface area (Å²) in [7, 11) is 3.33. The molecule has 0 unspecified atom stereocenters. The standard InChI is InChI=1S/C14H19ClN4O4S/c1-18(2)17-14(21)12(6-7-24-3)16-13(20)10-5-4-9(19(22)23)8-11(10)15/h4-5,8,12H,6-7H2,1-3H3,(H,16,20)(H,17,21)/t12-/m1/s1. The molecule has 1 atom stereocenters. The van der Waals surface area contributed by atoms with Crippen LogP contribution in [0.25, 0.3) is 0 Å². The Hall–Kier alpha value is -1.84. The molecule has 0 heterocycles. The molecule has 1 rings (SSSR count). The Morgan fingerprint density at radius 3 is 2.58 bits per heavy atom. The van der Waals surface area contributed by atoms with E-state index in [1.165, 1.54) is 17.1 Å². The zero-order chi connectivity index (χ0) is 18.3. The lowest BCUT2D eigenvalue weighted by Crippen LogP contribution is -2.50. The monoisotopic (exact) mass is 374 g/mol. The van der Waals surface area contributed by atoms with Gasteiger partial charge in [-0.15, -0.1) is 0 Å². The maximum Gasteiger partial charge on any atom is 0.270 e. The molecule has 2 N–H and O–H groups in total. The quantitative estimate of drug-likeness (QED) is 0.530. The van der Waals surface area contributed by atoms with Crippen LogP contribution in [0.5, 0.6) is 0 Å². The number of hydrogen-bond acceptors (Lipinski definition) is 6. The number of amides is 2. The van der Waals surface area contributed by atoms with Gasteiger partial charge in [-0.2, -0.15) is 11.8 Å². The van der Waals surface area contributed by atoms with Crippen LogP contribution in [-0.2, 0) is 4.79 Å². The molecule has 24 heavy (non-hydrogen) atoms. The first-order valence-corrected chi connectivity index (χ1v) is 8.75. The van der Waals surface area contributed by atoms with Gasteiger partial charge in [0.1, 0.15) is 6.04 Å². The average Bonchev–Trinajstić information content (AvgIpc) is 2.50. The van der Waals surface area contributed by atoms with E-state index in [1.54, 1.807) is 25.9 Å². The zero-order valence-electron chi connectivity index (χ0n) is 13.5. The van der Waals surface area contributed by atoms with Gasteiger partial charge in [0.25, 0.3) is 17.5 Å². The molecule has 0 radical (unpaired) electrons. The van der Waals surface area contributed by atoms with Gasteiger partial charge in [-0.3, -0.25) is 25.1 Å². The molecule has 8 nitrogen and oxygen atoms in total. The van der Waals surface area contributed by atoms with Crippen molar-refractivity contribution in [2.24, 2.45) is 0 Å². The van der Waals surface area contributed by atoms with E-state index in [-0.39, 0.29) is 22.2 Å². The number of benzene rings is 1. The first-order chi connectivity index (χ1) is 11.3. The molecule has 0 aromatic heterocycles. The number of halogens is 1.